The van der Waals surface area contributed by atoms with Crippen molar-refractivity contribution >= 4 is 27.5 Å². The molecule has 0 radical (unpaired) electrons. The predicted molar refractivity (Wildman–Crippen MR) is 86.9 cm³/mol. The quantitative estimate of drug-likeness (QED) is 0.816. The van der Waals surface area contributed by atoms with Gasteiger partial charge in [-0.3, -0.25) is 4.79 Å². The number of carbonyl (C=O) groups excluding carboxylic acids is 1. The van der Waals surface area contributed by atoms with Crippen molar-refractivity contribution in [2.75, 3.05) is 12.8 Å². The molecule has 0 fully saturated rings. The summed E-state index contributed by atoms with van der Waals surface area (Å²) < 4.78 is 5.94. The third-order valence-corrected chi connectivity index (χ3v) is 3.50. The van der Waals surface area contributed by atoms with Gasteiger partial charge in [-0.25, -0.2) is 0 Å². The van der Waals surface area contributed by atoms with E-state index in [0.717, 1.165) is 15.6 Å². The molecule has 0 aliphatic heterocycles. The number of nitrogens with one attached hydrogen (secondary N) is 1. The topological polar surface area (TPSA) is 64.3 Å². The normalized spacial score (nSPS) is 10.4. The van der Waals surface area contributed by atoms with Gasteiger partial charge in [0.25, 0.3) is 5.91 Å². The number of hydrogen-bond donors (Lipinski definition) is 2. The molecular weight excluding hydrogens is 332 g/mol. The minimum atomic E-state index is -0.157. The van der Waals surface area contributed by atoms with Crippen molar-refractivity contribution in [2.24, 2.45) is 0 Å². The number of carbonyl (C=O) groups is 1. The summed E-state index contributed by atoms with van der Waals surface area (Å²) in [6, 6.07) is 13.0. The third-order valence-electron chi connectivity index (χ3n) is 3.04. The Balaban J connectivity index is 2.07. The molecule has 110 valence electrons. The van der Waals surface area contributed by atoms with Crippen LogP contribution in [-0.2, 0) is 17.9 Å². The minimum Gasteiger partial charge on any atom is -0.399 e. The standard InChI is InChI=1S/C16H17BrN2O2/c1-21-10-12-5-3-2-4-11(12)9-19-16(20)13-6-14(17)8-15(18)7-13/h2-8H,9-10,18H2,1H3,(H,19,20). The van der Waals surface area contributed by atoms with Crippen LogP contribution in [0.1, 0.15) is 21.5 Å². The second kappa shape index (κ2) is 7.24. The van der Waals surface area contributed by atoms with Crippen LogP contribution in [0.15, 0.2) is 46.9 Å². The van der Waals surface area contributed by atoms with Crippen LogP contribution in [0.3, 0.4) is 0 Å². The van der Waals surface area contributed by atoms with Crippen LogP contribution < -0.4 is 11.1 Å². The molecule has 0 saturated carbocycles. The largest absolute Gasteiger partial charge is 0.399 e. The van der Waals surface area contributed by atoms with Crippen LogP contribution in [0, 0.1) is 0 Å². The van der Waals surface area contributed by atoms with Crippen molar-refractivity contribution in [3.05, 3.63) is 63.6 Å². The van der Waals surface area contributed by atoms with Crippen LogP contribution in [0.2, 0.25) is 0 Å². The lowest BCUT2D eigenvalue weighted by molar-refractivity contribution is 0.0950. The first-order valence-corrected chi connectivity index (χ1v) is 7.29. The van der Waals surface area contributed by atoms with E-state index in [0.29, 0.717) is 24.4 Å². The lowest BCUT2D eigenvalue weighted by Crippen LogP contribution is -2.23. The number of anilines is 1. The number of halogens is 1. The number of benzene rings is 2. The van der Waals surface area contributed by atoms with Gasteiger partial charge in [0.1, 0.15) is 0 Å². The highest BCUT2D eigenvalue weighted by Crippen LogP contribution is 2.17. The molecular formula is C16H17BrN2O2. The number of nitrogens with two attached hydrogens (primary N) is 1. The van der Waals surface area contributed by atoms with Crippen LogP contribution in [-0.4, -0.2) is 13.0 Å². The summed E-state index contributed by atoms with van der Waals surface area (Å²) in [7, 11) is 1.65. The maximum Gasteiger partial charge on any atom is 0.251 e. The number of amides is 1. The first-order valence-electron chi connectivity index (χ1n) is 6.50. The van der Waals surface area contributed by atoms with E-state index in [1.165, 1.54) is 0 Å². The number of hydrogen-bond acceptors (Lipinski definition) is 3. The Morgan fingerprint density at radius 3 is 2.62 bits per heavy atom. The van der Waals surface area contributed by atoms with E-state index in [1.54, 1.807) is 25.3 Å². The Labute approximate surface area is 132 Å². The zero-order chi connectivity index (χ0) is 15.2. The second-order valence-electron chi connectivity index (χ2n) is 4.66. The molecule has 5 heteroatoms. The summed E-state index contributed by atoms with van der Waals surface area (Å²) in [4.78, 5) is 12.2. The number of rotatable bonds is 5. The first-order chi connectivity index (χ1) is 10.1. The molecule has 1 amide bonds. The summed E-state index contributed by atoms with van der Waals surface area (Å²) in [5.74, 6) is -0.157. The molecule has 3 N–H and O–H groups in total. The van der Waals surface area contributed by atoms with Crippen LogP contribution >= 0.6 is 15.9 Å². The first kappa shape index (κ1) is 15.5. The van der Waals surface area contributed by atoms with Crippen molar-refractivity contribution in [2.45, 2.75) is 13.2 Å². The SMILES string of the molecule is COCc1ccccc1CNC(=O)c1cc(N)cc(Br)c1. The lowest BCUT2D eigenvalue weighted by Gasteiger charge is -2.10. The summed E-state index contributed by atoms with van der Waals surface area (Å²) in [6.07, 6.45) is 0. The van der Waals surface area contributed by atoms with E-state index in [9.17, 15) is 4.79 Å². The highest BCUT2D eigenvalue weighted by Gasteiger charge is 2.08. The second-order valence-corrected chi connectivity index (χ2v) is 5.57. The predicted octanol–water partition coefficient (Wildman–Crippen LogP) is 3.11. The zero-order valence-corrected chi connectivity index (χ0v) is 13.3. The Bertz CT molecular complexity index is 624. The number of methoxy groups -OCH3 is 1. The maximum absolute atomic E-state index is 12.2. The monoisotopic (exact) mass is 348 g/mol. The van der Waals surface area contributed by atoms with E-state index in [4.69, 9.17) is 10.5 Å². The molecule has 21 heavy (non-hydrogen) atoms. The van der Waals surface area contributed by atoms with Gasteiger partial charge in [0.05, 0.1) is 6.61 Å². The Hall–Kier alpha value is -1.85. The fraction of sp³-hybridized carbons (Fsp3) is 0.188. The highest BCUT2D eigenvalue weighted by atomic mass is 79.9. The molecule has 4 nitrogen and oxygen atoms in total. The summed E-state index contributed by atoms with van der Waals surface area (Å²) in [5.41, 5.74) is 8.93. The lowest BCUT2D eigenvalue weighted by atomic mass is 10.1. The molecule has 0 heterocycles. The van der Waals surface area contributed by atoms with E-state index in [1.807, 2.05) is 24.3 Å². The Kier molecular flexibility index (Phi) is 5.36. The van der Waals surface area contributed by atoms with Gasteiger partial charge in [-0.05, 0) is 29.3 Å². The third kappa shape index (κ3) is 4.31. The maximum atomic E-state index is 12.2. The van der Waals surface area contributed by atoms with Crippen molar-refractivity contribution in [3.63, 3.8) is 0 Å². The van der Waals surface area contributed by atoms with Gasteiger partial charge >= 0.3 is 0 Å². The van der Waals surface area contributed by atoms with E-state index in [-0.39, 0.29) is 5.91 Å². The fourth-order valence-electron chi connectivity index (χ4n) is 2.05. The molecule has 2 rings (SSSR count). The van der Waals surface area contributed by atoms with Gasteiger partial charge in [-0.1, -0.05) is 40.2 Å². The molecule has 0 bridgehead atoms. The van der Waals surface area contributed by atoms with Gasteiger partial charge < -0.3 is 15.8 Å². The van der Waals surface area contributed by atoms with Crippen molar-refractivity contribution < 1.29 is 9.53 Å². The van der Waals surface area contributed by atoms with Crippen LogP contribution in [0.4, 0.5) is 5.69 Å². The summed E-state index contributed by atoms with van der Waals surface area (Å²) in [6.45, 7) is 0.973. The molecule has 0 aliphatic carbocycles. The minimum absolute atomic E-state index is 0.157. The Morgan fingerprint density at radius 2 is 1.95 bits per heavy atom. The molecule has 0 saturated heterocycles. The molecule has 0 atom stereocenters. The average molecular weight is 349 g/mol. The van der Waals surface area contributed by atoms with Gasteiger partial charge in [0.2, 0.25) is 0 Å². The number of ether oxygens (including phenoxy) is 1. The fourth-order valence-corrected chi connectivity index (χ4v) is 2.56. The molecule has 2 aromatic rings. The van der Waals surface area contributed by atoms with E-state index in [2.05, 4.69) is 21.2 Å². The zero-order valence-electron chi connectivity index (χ0n) is 11.7. The van der Waals surface area contributed by atoms with Crippen molar-refractivity contribution in [1.82, 2.24) is 5.32 Å². The Morgan fingerprint density at radius 1 is 1.24 bits per heavy atom. The molecule has 2 aromatic carbocycles. The molecule has 0 aromatic heterocycles. The molecule has 0 unspecified atom stereocenters. The van der Waals surface area contributed by atoms with Gasteiger partial charge in [0, 0.05) is 29.4 Å². The molecule has 0 aliphatic rings. The van der Waals surface area contributed by atoms with Crippen molar-refractivity contribution in [3.8, 4) is 0 Å². The van der Waals surface area contributed by atoms with Crippen LogP contribution in [0.5, 0.6) is 0 Å². The molecule has 0 spiro atoms. The van der Waals surface area contributed by atoms with E-state index < -0.39 is 0 Å². The smallest absolute Gasteiger partial charge is 0.251 e. The number of nitrogen functional groups attached to an aromatic ring is 1. The van der Waals surface area contributed by atoms with Crippen LogP contribution in [0.25, 0.3) is 0 Å². The van der Waals surface area contributed by atoms with Gasteiger partial charge in [-0.2, -0.15) is 0 Å². The van der Waals surface area contributed by atoms with Gasteiger partial charge in [-0.15, -0.1) is 0 Å². The summed E-state index contributed by atoms with van der Waals surface area (Å²) >= 11 is 3.33. The highest BCUT2D eigenvalue weighted by molar-refractivity contribution is 9.10. The van der Waals surface area contributed by atoms with E-state index >= 15 is 0 Å². The van der Waals surface area contributed by atoms with Crippen molar-refractivity contribution in [1.29, 1.82) is 0 Å². The summed E-state index contributed by atoms with van der Waals surface area (Å²) in [5, 5.41) is 2.90. The van der Waals surface area contributed by atoms with Gasteiger partial charge in [0.15, 0.2) is 0 Å². The average Bonchev–Trinajstić information content (AvgIpc) is 2.45.